The Balaban J connectivity index is 2.24. The van der Waals surface area contributed by atoms with E-state index >= 15 is 0 Å². The van der Waals surface area contributed by atoms with Gasteiger partial charge in [-0.25, -0.2) is 9.78 Å². The third-order valence-corrected chi connectivity index (χ3v) is 2.61. The number of pyridine rings is 1. The highest BCUT2D eigenvalue weighted by molar-refractivity contribution is 5.85. The second-order valence-corrected chi connectivity index (χ2v) is 3.95. The Morgan fingerprint density at radius 1 is 1.50 bits per heavy atom. The van der Waals surface area contributed by atoms with E-state index in [1.807, 2.05) is 6.07 Å². The maximum Gasteiger partial charge on any atom is 0.354 e. The zero-order chi connectivity index (χ0) is 11.5. The van der Waals surface area contributed by atoms with E-state index in [0.29, 0.717) is 0 Å². The fourth-order valence-corrected chi connectivity index (χ4v) is 1.83. The molecule has 2 heterocycles. The molecule has 0 bridgehead atoms. The predicted molar refractivity (Wildman–Crippen MR) is 61.8 cm³/mol. The number of rotatable bonds is 2. The summed E-state index contributed by atoms with van der Waals surface area (Å²) in [6, 6.07) is 5.10. The van der Waals surface area contributed by atoms with Crippen LogP contribution in [0.2, 0.25) is 0 Å². The summed E-state index contributed by atoms with van der Waals surface area (Å²) in [5.41, 5.74) is 1.40. The Bertz CT molecular complexity index is 440. The van der Waals surface area contributed by atoms with Crippen LogP contribution in [-0.4, -0.2) is 29.1 Å². The molecule has 1 aliphatic heterocycles. The number of carboxylic acids is 1. The maximum atomic E-state index is 10.8. The normalized spacial score (nSPS) is 15.8. The minimum Gasteiger partial charge on any atom is -0.477 e. The lowest BCUT2D eigenvalue weighted by Crippen LogP contribution is -2.30. The summed E-state index contributed by atoms with van der Waals surface area (Å²) in [5.74, 6) is -0.238. The van der Waals surface area contributed by atoms with Crippen molar-refractivity contribution < 1.29 is 9.90 Å². The highest BCUT2D eigenvalue weighted by Gasteiger charge is 2.13. The number of aromatic carboxylic acids is 1. The molecule has 2 rings (SSSR count). The highest BCUT2D eigenvalue weighted by Crippen LogP contribution is 2.17. The van der Waals surface area contributed by atoms with E-state index in [0.717, 1.165) is 25.3 Å². The molecule has 16 heavy (non-hydrogen) atoms. The molecule has 0 saturated heterocycles. The van der Waals surface area contributed by atoms with E-state index in [4.69, 9.17) is 5.11 Å². The minimum absolute atomic E-state index is 0.102. The second-order valence-electron chi connectivity index (χ2n) is 3.95. The van der Waals surface area contributed by atoms with E-state index < -0.39 is 5.97 Å². The van der Waals surface area contributed by atoms with Gasteiger partial charge in [-0.15, -0.1) is 0 Å². The van der Waals surface area contributed by atoms with E-state index in [2.05, 4.69) is 22.9 Å². The molecule has 4 nitrogen and oxygen atoms in total. The minimum atomic E-state index is -0.980. The Hall–Kier alpha value is -1.84. The van der Waals surface area contributed by atoms with Gasteiger partial charge in [-0.3, -0.25) is 0 Å². The van der Waals surface area contributed by atoms with Gasteiger partial charge in [0.15, 0.2) is 5.69 Å². The van der Waals surface area contributed by atoms with Crippen LogP contribution in [0.25, 0.3) is 0 Å². The fraction of sp³-hybridized carbons (Fsp3) is 0.333. The fourth-order valence-electron chi connectivity index (χ4n) is 1.83. The van der Waals surface area contributed by atoms with Crippen LogP contribution in [0.3, 0.4) is 0 Å². The predicted octanol–water partition coefficient (Wildman–Crippen LogP) is 1.94. The Morgan fingerprint density at radius 3 is 3.00 bits per heavy atom. The summed E-state index contributed by atoms with van der Waals surface area (Å²) in [7, 11) is 0. The van der Waals surface area contributed by atoms with Gasteiger partial charge in [0, 0.05) is 13.1 Å². The van der Waals surface area contributed by atoms with E-state index in [1.54, 1.807) is 6.07 Å². The monoisotopic (exact) mass is 218 g/mol. The van der Waals surface area contributed by atoms with Crippen molar-refractivity contribution >= 4 is 11.8 Å². The summed E-state index contributed by atoms with van der Waals surface area (Å²) >= 11 is 0. The van der Waals surface area contributed by atoms with Gasteiger partial charge in [-0.1, -0.05) is 17.7 Å². The van der Waals surface area contributed by atoms with Crippen molar-refractivity contribution in [3.8, 4) is 0 Å². The summed E-state index contributed by atoms with van der Waals surface area (Å²) in [5, 5.41) is 8.87. The number of nitrogens with zero attached hydrogens (tertiary/aromatic N) is 2. The smallest absolute Gasteiger partial charge is 0.354 e. The molecule has 0 aromatic carbocycles. The van der Waals surface area contributed by atoms with Crippen LogP contribution >= 0.6 is 0 Å². The molecule has 1 N–H and O–H groups in total. The number of hydrogen-bond acceptors (Lipinski definition) is 3. The first-order valence-corrected chi connectivity index (χ1v) is 5.28. The summed E-state index contributed by atoms with van der Waals surface area (Å²) in [6.07, 6.45) is 3.20. The lowest BCUT2D eigenvalue weighted by Gasteiger charge is -2.27. The molecular formula is C12H14N2O2. The second kappa shape index (κ2) is 4.35. The van der Waals surface area contributed by atoms with Crippen molar-refractivity contribution in [3.05, 3.63) is 35.5 Å². The molecule has 84 valence electrons. The standard InChI is InChI=1S/C12H14N2O2/c1-9-4-3-7-14(8-9)11-6-2-5-10(13-11)12(15)16/h2,4-6H,3,7-8H2,1H3,(H,15,16). The van der Waals surface area contributed by atoms with Crippen LogP contribution in [-0.2, 0) is 0 Å². The quantitative estimate of drug-likeness (QED) is 0.771. The largest absolute Gasteiger partial charge is 0.477 e. The van der Waals surface area contributed by atoms with E-state index in [9.17, 15) is 4.79 Å². The summed E-state index contributed by atoms with van der Waals surface area (Å²) in [4.78, 5) is 17.0. The van der Waals surface area contributed by atoms with Gasteiger partial charge in [-0.2, -0.15) is 0 Å². The van der Waals surface area contributed by atoms with Crippen molar-refractivity contribution in [1.29, 1.82) is 0 Å². The molecule has 1 aliphatic rings. The molecule has 1 aromatic heterocycles. The van der Waals surface area contributed by atoms with Gasteiger partial charge in [0.1, 0.15) is 5.82 Å². The zero-order valence-electron chi connectivity index (χ0n) is 9.18. The van der Waals surface area contributed by atoms with Gasteiger partial charge in [0.2, 0.25) is 0 Å². The van der Waals surface area contributed by atoms with Crippen LogP contribution in [0.4, 0.5) is 5.82 Å². The molecule has 0 amide bonds. The number of anilines is 1. The SMILES string of the molecule is CC1=CCCN(c2cccc(C(=O)O)n2)C1. The lowest BCUT2D eigenvalue weighted by atomic mass is 10.1. The zero-order valence-corrected chi connectivity index (χ0v) is 9.18. The average molecular weight is 218 g/mol. The molecule has 4 heteroatoms. The van der Waals surface area contributed by atoms with Gasteiger partial charge < -0.3 is 10.0 Å². The van der Waals surface area contributed by atoms with Crippen LogP contribution < -0.4 is 4.90 Å². The van der Waals surface area contributed by atoms with Crippen LogP contribution in [0, 0.1) is 0 Å². The highest BCUT2D eigenvalue weighted by atomic mass is 16.4. The van der Waals surface area contributed by atoms with E-state index in [-0.39, 0.29) is 5.69 Å². The lowest BCUT2D eigenvalue weighted by molar-refractivity contribution is 0.0690. The number of hydrogen-bond donors (Lipinski definition) is 1. The maximum absolute atomic E-state index is 10.8. The van der Waals surface area contributed by atoms with Gasteiger partial charge in [0.25, 0.3) is 0 Å². The third-order valence-electron chi connectivity index (χ3n) is 2.61. The van der Waals surface area contributed by atoms with Crippen LogP contribution in [0.15, 0.2) is 29.8 Å². The van der Waals surface area contributed by atoms with Crippen molar-refractivity contribution in [2.75, 3.05) is 18.0 Å². The van der Waals surface area contributed by atoms with Crippen LogP contribution in [0.1, 0.15) is 23.8 Å². The topological polar surface area (TPSA) is 53.4 Å². The molecule has 0 atom stereocenters. The molecule has 0 unspecified atom stereocenters. The number of carboxylic acid groups (broad SMARTS) is 1. The number of aromatic nitrogens is 1. The van der Waals surface area contributed by atoms with E-state index in [1.165, 1.54) is 11.6 Å². The van der Waals surface area contributed by atoms with Crippen molar-refractivity contribution in [3.63, 3.8) is 0 Å². The Morgan fingerprint density at radius 2 is 2.31 bits per heavy atom. The molecule has 0 spiro atoms. The molecule has 0 aliphatic carbocycles. The summed E-state index contributed by atoms with van der Waals surface area (Å²) in [6.45, 7) is 3.80. The molecular weight excluding hydrogens is 204 g/mol. The third kappa shape index (κ3) is 2.21. The number of carbonyl (C=O) groups is 1. The summed E-state index contributed by atoms with van der Waals surface area (Å²) < 4.78 is 0. The first-order chi connectivity index (χ1) is 7.66. The Labute approximate surface area is 94.2 Å². The molecule has 0 radical (unpaired) electrons. The van der Waals surface area contributed by atoms with Crippen molar-refractivity contribution in [2.45, 2.75) is 13.3 Å². The molecule has 0 saturated carbocycles. The Kier molecular flexibility index (Phi) is 2.90. The van der Waals surface area contributed by atoms with Crippen molar-refractivity contribution in [2.24, 2.45) is 0 Å². The van der Waals surface area contributed by atoms with Gasteiger partial charge in [0.05, 0.1) is 0 Å². The van der Waals surface area contributed by atoms with Gasteiger partial charge >= 0.3 is 5.97 Å². The molecule has 0 fully saturated rings. The first-order valence-electron chi connectivity index (χ1n) is 5.28. The van der Waals surface area contributed by atoms with Gasteiger partial charge in [-0.05, 0) is 25.5 Å². The average Bonchev–Trinajstić information content (AvgIpc) is 2.29. The first kappa shape index (κ1) is 10.7. The molecule has 1 aromatic rings. The van der Waals surface area contributed by atoms with Crippen LogP contribution in [0.5, 0.6) is 0 Å². The van der Waals surface area contributed by atoms with Crippen molar-refractivity contribution in [1.82, 2.24) is 4.98 Å².